The van der Waals surface area contributed by atoms with Crippen LogP contribution in [0.3, 0.4) is 0 Å². The second kappa shape index (κ2) is 12.2. The number of benzene rings is 3. The van der Waals surface area contributed by atoms with Crippen LogP contribution in [0.15, 0.2) is 91.3 Å². The van der Waals surface area contributed by atoms with Gasteiger partial charge in [0, 0.05) is 32.2 Å². The van der Waals surface area contributed by atoms with Crippen molar-refractivity contribution in [3.05, 3.63) is 128 Å². The van der Waals surface area contributed by atoms with Crippen molar-refractivity contribution in [1.82, 2.24) is 20.3 Å². The van der Waals surface area contributed by atoms with Crippen LogP contribution in [0.25, 0.3) is 0 Å². The number of hydrogen-bond acceptors (Lipinski definition) is 10. The molecule has 0 bridgehead atoms. The molecule has 2 N–H and O–H groups in total. The summed E-state index contributed by atoms with van der Waals surface area (Å²) in [4.78, 5) is 47.1. The van der Waals surface area contributed by atoms with E-state index in [2.05, 4.69) is 50.0 Å². The van der Waals surface area contributed by atoms with Crippen molar-refractivity contribution >= 4 is 28.9 Å². The Morgan fingerprint density at radius 3 is 1.95 bits per heavy atom. The highest BCUT2D eigenvalue weighted by Crippen LogP contribution is 2.34. The van der Waals surface area contributed by atoms with E-state index >= 15 is 0 Å². The third-order valence-electron chi connectivity index (χ3n) is 6.83. The van der Waals surface area contributed by atoms with E-state index in [1.165, 1.54) is 30.6 Å². The van der Waals surface area contributed by atoms with Gasteiger partial charge in [0.15, 0.2) is 0 Å². The van der Waals surface area contributed by atoms with Crippen molar-refractivity contribution < 1.29 is 14.6 Å². The van der Waals surface area contributed by atoms with E-state index in [0.29, 0.717) is 26.2 Å². The Balaban J connectivity index is 1.34. The summed E-state index contributed by atoms with van der Waals surface area (Å²) in [6.07, 6.45) is 1.17. The topological polar surface area (TPSA) is 160 Å². The van der Waals surface area contributed by atoms with Gasteiger partial charge in [-0.3, -0.25) is 40.8 Å². The molecule has 0 spiro atoms. The number of piperazine rings is 1. The van der Waals surface area contributed by atoms with E-state index < -0.39 is 27.1 Å². The van der Waals surface area contributed by atoms with Gasteiger partial charge in [0.25, 0.3) is 11.6 Å². The molecular formula is C28H26N8O5. The van der Waals surface area contributed by atoms with Crippen LogP contribution < -0.4 is 15.8 Å². The molecule has 41 heavy (non-hydrogen) atoms. The number of hydrazine groups is 1. The number of nitrogens with zero attached hydrogens (tertiary/aromatic N) is 6. The average molecular weight is 555 g/mol. The highest BCUT2D eigenvalue weighted by molar-refractivity contribution is 5.98. The van der Waals surface area contributed by atoms with Crippen LogP contribution in [-0.4, -0.2) is 56.8 Å². The first-order chi connectivity index (χ1) is 19.9. The standard InChI is InChI=1S/C28H26N8O5/c37-28(22-13-7-8-14-23(22)35(38)39)32-31-26-25(36(40)41)27(30-19-29-26)34-17-15-33(16-18-34)24(20-9-3-1-4-10-20)21-11-5-2-6-12-21/h1-14,19,24H,15-18H2,(H,32,37)(H,29,30,31). The monoisotopic (exact) mass is 554 g/mol. The minimum atomic E-state index is -0.840. The summed E-state index contributed by atoms with van der Waals surface area (Å²) in [6, 6.07) is 25.8. The molecule has 13 nitrogen and oxygen atoms in total. The number of anilines is 2. The lowest BCUT2D eigenvalue weighted by molar-refractivity contribution is -0.385. The molecule has 5 rings (SSSR count). The predicted molar refractivity (Wildman–Crippen MR) is 151 cm³/mol. The zero-order valence-corrected chi connectivity index (χ0v) is 21.8. The summed E-state index contributed by atoms with van der Waals surface area (Å²) < 4.78 is 0. The van der Waals surface area contributed by atoms with Crippen molar-refractivity contribution in [2.24, 2.45) is 0 Å². The van der Waals surface area contributed by atoms with Crippen molar-refractivity contribution in [3.8, 4) is 0 Å². The zero-order valence-electron chi connectivity index (χ0n) is 21.8. The third kappa shape index (κ3) is 5.94. The summed E-state index contributed by atoms with van der Waals surface area (Å²) >= 11 is 0. The smallest absolute Gasteiger partial charge is 0.348 e. The highest BCUT2D eigenvalue weighted by Gasteiger charge is 2.32. The summed E-state index contributed by atoms with van der Waals surface area (Å²) in [5.74, 6) is -0.961. The van der Waals surface area contributed by atoms with Gasteiger partial charge < -0.3 is 4.90 Å². The van der Waals surface area contributed by atoms with Gasteiger partial charge >= 0.3 is 5.69 Å². The summed E-state index contributed by atoms with van der Waals surface area (Å²) in [6.45, 7) is 2.17. The van der Waals surface area contributed by atoms with E-state index in [1.54, 1.807) is 0 Å². The molecule has 13 heteroatoms. The molecule has 2 heterocycles. The zero-order chi connectivity index (χ0) is 28.8. The van der Waals surface area contributed by atoms with Crippen LogP contribution in [0.4, 0.5) is 23.0 Å². The Labute approximate surface area is 234 Å². The summed E-state index contributed by atoms with van der Waals surface area (Å²) in [5.41, 5.74) is 6.03. The van der Waals surface area contributed by atoms with Gasteiger partial charge in [0.2, 0.25) is 11.6 Å². The van der Waals surface area contributed by atoms with Gasteiger partial charge in [0.1, 0.15) is 11.9 Å². The molecule has 1 saturated heterocycles. The first-order valence-electron chi connectivity index (χ1n) is 12.8. The molecule has 3 aromatic carbocycles. The van der Waals surface area contributed by atoms with Gasteiger partial charge in [-0.1, -0.05) is 72.8 Å². The van der Waals surface area contributed by atoms with Gasteiger partial charge in [-0.25, -0.2) is 9.97 Å². The van der Waals surface area contributed by atoms with Crippen molar-refractivity contribution in [1.29, 1.82) is 0 Å². The number of para-hydroxylation sites is 1. The van der Waals surface area contributed by atoms with Crippen LogP contribution in [0, 0.1) is 20.2 Å². The molecule has 0 unspecified atom stereocenters. The fraction of sp³-hybridized carbons (Fsp3) is 0.179. The fourth-order valence-corrected chi connectivity index (χ4v) is 4.95. The molecule has 0 radical (unpaired) electrons. The molecule has 1 aliphatic heterocycles. The predicted octanol–water partition coefficient (Wildman–Crippen LogP) is 3.96. The van der Waals surface area contributed by atoms with Crippen molar-refractivity contribution in [2.45, 2.75) is 6.04 Å². The van der Waals surface area contributed by atoms with Gasteiger partial charge in [-0.05, 0) is 17.2 Å². The van der Waals surface area contributed by atoms with Gasteiger partial charge in [-0.15, -0.1) is 0 Å². The second-order valence-corrected chi connectivity index (χ2v) is 9.25. The minimum absolute atomic E-state index is 0.0226. The number of nitro groups is 2. The third-order valence-corrected chi connectivity index (χ3v) is 6.83. The molecule has 1 amide bonds. The largest absolute Gasteiger partial charge is 0.355 e. The first kappa shape index (κ1) is 27.1. The quantitative estimate of drug-likeness (QED) is 0.229. The lowest BCUT2D eigenvalue weighted by Gasteiger charge is -2.40. The molecule has 0 aliphatic carbocycles. The van der Waals surface area contributed by atoms with E-state index in [1.807, 2.05) is 41.3 Å². The average Bonchev–Trinajstić information content (AvgIpc) is 3.01. The number of carbonyl (C=O) groups excluding carboxylic acids is 1. The van der Waals surface area contributed by atoms with Crippen LogP contribution in [-0.2, 0) is 0 Å². The molecule has 1 fully saturated rings. The Bertz CT molecular complexity index is 1510. The van der Waals surface area contributed by atoms with E-state index in [4.69, 9.17) is 0 Å². The first-order valence-corrected chi connectivity index (χ1v) is 12.8. The van der Waals surface area contributed by atoms with E-state index in [9.17, 15) is 25.0 Å². The molecule has 1 aliphatic rings. The molecule has 4 aromatic rings. The van der Waals surface area contributed by atoms with Gasteiger partial charge in [0.05, 0.1) is 15.9 Å². The van der Waals surface area contributed by atoms with Crippen molar-refractivity contribution in [2.75, 3.05) is 36.5 Å². The van der Waals surface area contributed by atoms with Crippen LogP contribution >= 0.6 is 0 Å². The van der Waals surface area contributed by atoms with E-state index in [0.717, 1.165) is 11.1 Å². The highest BCUT2D eigenvalue weighted by atomic mass is 16.6. The van der Waals surface area contributed by atoms with Gasteiger partial charge in [-0.2, -0.15) is 0 Å². The summed E-state index contributed by atoms with van der Waals surface area (Å²) in [5, 5.41) is 23.4. The SMILES string of the molecule is O=C(NNc1ncnc(N2CCN(C(c3ccccc3)c3ccccc3)CC2)c1[N+](=O)[O-])c1ccccc1[N+](=O)[O-]. The molecular weight excluding hydrogens is 528 g/mol. The normalized spacial score (nSPS) is 13.5. The number of nitro benzene ring substituents is 1. The number of aromatic nitrogens is 2. The lowest BCUT2D eigenvalue weighted by atomic mass is 9.96. The molecule has 0 saturated carbocycles. The Morgan fingerprint density at radius 1 is 0.780 bits per heavy atom. The summed E-state index contributed by atoms with van der Waals surface area (Å²) in [7, 11) is 0. The number of hydrogen-bond donors (Lipinski definition) is 2. The van der Waals surface area contributed by atoms with Crippen LogP contribution in [0.1, 0.15) is 27.5 Å². The minimum Gasteiger partial charge on any atom is -0.348 e. The van der Waals surface area contributed by atoms with Crippen LogP contribution in [0.2, 0.25) is 0 Å². The maximum Gasteiger partial charge on any atom is 0.355 e. The second-order valence-electron chi connectivity index (χ2n) is 9.25. The Kier molecular flexibility index (Phi) is 8.06. The van der Waals surface area contributed by atoms with Crippen molar-refractivity contribution in [3.63, 3.8) is 0 Å². The number of amides is 1. The Morgan fingerprint density at radius 2 is 1.37 bits per heavy atom. The Hall–Kier alpha value is -5.43. The maximum atomic E-state index is 12.6. The number of nitrogens with one attached hydrogen (secondary N) is 2. The fourth-order valence-electron chi connectivity index (χ4n) is 4.95. The number of rotatable bonds is 9. The molecule has 208 valence electrons. The van der Waals surface area contributed by atoms with Crippen LogP contribution in [0.5, 0.6) is 0 Å². The molecule has 1 aromatic heterocycles. The van der Waals surface area contributed by atoms with E-state index in [-0.39, 0.29) is 23.2 Å². The number of carbonyl (C=O) groups is 1. The molecule has 0 atom stereocenters. The maximum absolute atomic E-state index is 12.6. The lowest BCUT2D eigenvalue weighted by Crippen LogP contribution is -2.48.